The van der Waals surface area contributed by atoms with E-state index in [0.717, 1.165) is 33.6 Å². The summed E-state index contributed by atoms with van der Waals surface area (Å²) in [6.45, 7) is 3.82. The number of benzene rings is 2. The predicted octanol–water partition coefficient (Wildman–Crippen LogP) is 5.28. The van der Waals surface area contributed by atoms with Crippen molar-refractivity contribution in [2.75, 3.05) is 11.1 Å². The van der Waals surface area contributed by atoms with Crippen molar-refractivity contribution in [3.8, 4) is 0 Å². The van der Waals surface area contributed by atoms with E-state index in [4.69, 9.17) is 5.73 Å². The second kappa shape index (κ2) is 16.9. The zero-order valence-corrected chi connectivity index (χ0v) is 37.8. The molecule has 0 atom stereocenters. The Morgan fingerprint density at radius 3 is 1.33 bits per heavy atom. The van der Waals surface area contributed by atoms with Crippen LogP contribution in [-0.4, -0.2) is 81.1 Å². The van der Waals surface area contributed by atoms with E-state index in [-0.39, 0.29) is 22.0 Å². The molecular weight excluding hydrogens is 889 g/mol. The zero-order chi connectivity index (χ0) is 46.4. The molecule has 18 nitrogen and oxygen atoms in total. The van der Waals surface area contributed by atoms with E-state index in [1.807, 2.05) is 44.2 Å². The van der Waals surface area contributed by atoms with E-state index >= 15 is 0 Å². The smallest absolute Gasteiger partial charge is 0.283 e. The first-order chi connectivity index (χ1) is 32.4. The number of allylic oxidation sites excluding steroid dienone is 2. The molecule has 8 aromatic rings. The molecule has 0 spiro atoms. The Hall–Kier alpha value is -7.84. The highest BCUT2D eigenvalue weighted by Crippen LogP contribution is 2.44. The number of nitrogens with one attached hydrogen (secondary N) is 1. The fraction of sp³-hybridized carbons (Fsp3) is 0.191. The zero-order valence-electron chi connectivity index (χ0n) is 36.2. The van der Waals surface area contributed by atoms with Crippen molar-refractivity contribution < 1.29 is 16.8 Å². The lowest BCUT2D eigenvalue weighted by molar-refractivity contribution is 0.551. The van der Waals surface area contributed by atoms with Gasteiger partial charge in [-0.3, -0.25) is 0 Å². The van der Waals surface area contributed by atoms with Gasteiger partial charge in [0.1, 0.15) is 25.3 Å². The third-order valence-electron chi connectivity index (χ3n) is 12.1. The van der Waals surface area contributed by atoms with Gasteiger partial charge >= 0.3 is 0 Å². The van der Waals surface area contributed by atoms with Gasteiger partial charge < -0.3 is 11.1 Å². The van der Waals surface area contributed by atoms with Crippen LogP contribution in [0.15, 0.2) is 145 Å². The van der Waals surface area contributed by atoms with Crippen LogP contribution >= 0.6 is 0 Å². The molecule has 0 unspecified atom stereocenters. The quantitative estimate of drug-likeness (QED) is 0.177. The van der Waals surface area contributed by atoms with Gasteiger partial charge in [0.25, 0.3) is 20.0 Å². The maximum absolute atomic E-state index is 13.8. The van der Waals surface area contributed by atoms with Crippen LogP contribution in [0.3, 0.4) is 0 Å². The minimum atomic E-state index is -3.96. The lowest BCUT2D eigenvalue weighted by Gasteiger charge is -2.32. The number of anilines is 2. The summed E-state index contributed by atoms with van der Waals surface area (Å²) in [6.07, 6.45) is 22.8. The summed E-state index contributed by atoms with van der Waals surface area (Å²) in [5, 5.41) is 12.2. The van der Waals surface area contributed by atoms with E-state index in [1.54, 1.807) is 91.5 Å². The van der Waals surface area contributed by atoms with Gasteiger partial charge in [0.2, 0.25) is 0 Å². The van der Waals surface area contributed by atoms with E-state index in [0.29, 0.717) is 58.0 Å². The third kappa shape index (κ3) is 7.82. The van der Waals surface area contributed by atoms with Crippen LogP contribution in [0.25, 0.3) is 12.2 Å². The van der Waals surface area contributed by atoms with E-state index < -0.39 is 30.9 Å². The molecule has 0 aliphatic heterocycles. The Labute approximate surface area is 386 Å². The lowest BCUT2D eigenvalue weighted by Crippen LogP contribution is -2.34. The normalized spacial score (nSPS) is 15.7. The number of nitrogen functional groups attached to an aromatic ring is 1. The van der Waals surface area contributed by atoms with E-state index in [2.05, 4.69) is 55.4 Å². The number of aromatic nitrogens is 12. The Kier molecular flexibility index (Phi) is 10.8. The van der Waals surface area contributed by atoms with Gasteiger partial charge in [0.05, 0.1) is 54.8 Å². The highest BCUT2D eigenvalue weighted by atomic mass is 32.2. The van der Waals surface area contributed by atoms with Crippen LogP contribution in [-0.2, 0) is 43.7 Å². The van der Waals surface area contributed by atoms with Crippen LogP contribution < -0.4 is 11.1 Å². The second-order valence-corrected chi connectivity index (χ2v) is 20.1. The topological polar surface area (TPSA) is 245 Å². The van der Waals surface area contributed by atoms with Gasteiger partial charge in [-0.15, -0.1) is 10.2 Å². The predicted molar refractivity (Wildman–Crippen MR) is 248 cm³/mol. The van der Waals surface area contributed by atoms with Crippen molar-refractivity contribution in [1.82, 2.24) is 58.2 Å². The first kappa shape index (κ1) is 43.1. The third-order valence-corrected chi connectivity index (χ3v) is 15.4. The molecule has 3 aliphatic carbocycles. The van der Waals surface area contributed by atoms with Crippen LogP contribution in [0.4, 0.5) is 11.6 Å². The molecule has 1 fully saturated rings. The van der Waals surface area contributed by atoms with Crippen molar-refractivity contribution in [2.24, 2.45) is 0 Å². The fourth-order valence-electron chi connectivity index (χ4n) is 8.42. The largest absolute Gasteiger partial charge is 0.382 e. The number of nitrogens with two attached hydrogens (primary N) is 1. The average molecular weight is 931 g/mol. The van der Waals surface area contributed by atoms with Gasteiger partial charge in [-0.25, -0.2) is 39.9 Å². The molecule has 67 heavy (non-hydrogen) atoms. The highest BCUT2D eigenvalue weighted by molar-refractivity contribution is 7.90. The summed E-state index contributed by atoms with van der Waals surface area (Å²) >= 11 is 0. The molecule has 0 saturated heterocycles. The molecule has 3 N–H and O–H groups in total. The van der Waals surface area contributed by atoms with Gasteiger partial charge in [0.15, 0.2) is 11.6 Å². The van der Waals surface area contributed by atoms with Crippen molar-refractivity contribution in [1.29, 1.82) is 0 Å². The number of nitrogens with zero attached hydrogens (tertiary/aromatic N) is 12. The maximum Gasteiger partial charge on any atom is 0.283 e. The van der Waals surface area contributed by atoms with Gasteiger partial charge in [0, 0.05) is 54.8 Å². The van der Waals surface area contributed by atoms with Gasteiger partial charge in [-0.2, -0.15) is 25.0 Å². The summed E-state index contributed by atoms with van der Waals surface area (Å²) in [5.74, 6) is 0.722. The number of aryl methyl sites for hydroxylation is 2. The molecule has 336 valence electrons. The lowest BCUT2D eigenvalue weighted by atomic mass is 9.73. The number of hydrogen-bond acceptors (Lipinski definition) is 16. The van der Waals surface area contributed by atoms with Crippen LogP contribution in [0.1, 0.15) is 69.3 Å². The summed E-state index contributed by atoms with van der Waals surface area (Å²) in [5.41, 5.74) is 11.6. The molecule has 0 amide bonds. The van der Waals surface area contributed by atoms with Crippen LogP contribution in [0.2, 0.25) is 0 Å². The Balaban J connectivity index is 0.000000157. The van der Waals surface area contributed by atoms with E-state index in [1.165, 1.54) is 29.4 Å². The number of rotatable bonds is 10. The summed E-state index contributed by atoms with van der Waals surface area (Å²) in [6, 6.07) is 21.0. The Bertz CT molecular complexity index is 3300. The number of hydrogen-bond donors (Lipinski definition) is 2. The van der Waals surface area contributed by atoms with Crippen molar-refractivity contribution in [3.05, 3.63) is 191 Å². The molecule has 3 aliphatic rings. The molecule has 6 heterocycles. The molecule has 11 rings (SSSR count). The van der Waals surface area contributed by atoms with Gasteiger partial charge in [-0.1, -0.05) is 59.7 Å². The molecule has 1 saturated carbocycles. The van der Waals surface area contributed by atoms with Crippen LogP contribution in [0.5, 0.6) is 0 Å². The SMILES string of the molecule is Cc1ccc(S(=O)(=O)n2nc(N)c3c2CC(c2ccncn2)(c2ccncn2)C=C3)cc1.Cc1ccc(S(=O)(=O)n2nc(NC3CC3)c3c2CC(c2ccncn2)(c2ccncn2)C=C3)cc1. The fourth-order valence-corrected chi connectivity index (χ4v) is 11.1. The molecule has 6 aromatic heterocycles. The minimum absolute atomic E-state index is 0.137. The summed E-state index contributed by atoms with van der Waals surface area (Å²) < 4.78 is 56.8. The Morgan fingerprint density at radius 1 is 0.552 bits per heavy atom. The standard InChI is InChI=1S/C25H23N7O2S.C22H19N7O2S/c1-17-2-6-19(7-3-17)35(33,34)32-21-14-25(22-9-12-26-15-28-22,23-10-13-27-16-29-23)11-8-20(21)24(31-32)30-18-4-5-18;1-15-2-4-16(5-3-15)32(30,31)29-18-12-22(19-7-10-24-13-26-19,20-8-11-25-14-27-20)9-6-17(18)21(23)28-29/h2-3,6-13,15-16,18H,4-5,14H2,1H3,(H,30,31);2-11,13-14H,12H2,1H3,(H2,23,28). The molecule has 0 radical (unpaired) electrons. The first-order valence-corrected chi connectivity index (χ1v) is 24.1. The molecule has 20 heteroatoms. The molecular formula is C47H42N14O4S2. The monoisotopic (exact) mass is 930 g/mol. The minimum Gasteiger partial charge on any atom is -0.382 e. The van der Waals surface area contributed by atoms with Crippen molar-refractivity contribution in [2.45, 2.75) is 66.2 Å². The number of fused-ring (bicyclic) bond motifs is 2. The summed E-state index contributed by atoms with van der Waals surface area (Å²) in [4.78, 5) is 34.5. The Morgan fingerprint density at radius 2 is 0.940 bits per heavy atom. The summed E-state index contributed by atoms with van der Waals surface area (Å²) in [7, 11) is -7.90. The van der Waals surface area contributed by atoms with Crippen molar-refractivity contribution >= 4 is 43.8 Å². The average Bonchev–Trinajstić information content (AvgIpc) is 4.03. The molecule has 2 aromatic carbocycles. The second-order valence-electron chi connectivity index (χ2n) is 16.5. The van der Waals surface area contributed by atoms with Crippen LogP contribution in [0, 0.1) is 13.8 Å². The first-order valence-electron chi connectivity index (χ1n) is 21.2. The maximum atomic E-state index is 13.8. The van der Waals surface area contributed by atoms with E-state index in [9.17, 15) is 16.8 Å². The highest BCUT2D eigenvalue weighted by Gasteiger charge is 2.44. The van der Waals surface area contributed by atoms with Gasteiger partial charge in [-0.05, 0) is 75.2 Å². The van der Waals surface area contributed by atoms with Crippen molar-refractivity contribution in [3.63, 3.8) is 0 Å². The molecule has 0 bridgehead atoms.